The molecular weight excluding hydrogens is 527 g/mol. The molecule has 1 unspecified atom stereocenters. The van der Waals surface area contributed by atoms with E-state index in [1.807, 2.05) is 19.2 Å². The molecule has 1 aromatic rings. The van der Waals surface area contributed by atoms with Crippen LogP contribution >= 0.6 is 35.6 Å². The third-order valence-corrected chi connectivity index (χ3v) is 6.39. The van der Waals surface area contributed by atoms with Crippen molar-refractivity contribution in [1.29, 1.82) is 0 Å². The van der Waals surface area contributed by atoms with E-state index in [2.05, 4.69) is 46.5 Å². The molecular formula is C23H38ClIN4O2. The summed E-state index contributed by atoms with van der Waals surface area (Å²) in [5, 5.41) is 7.83. The summed E-state index contributed by atoms with van der Waals surface area (Å²) >= 11 is 6.57. The highest BCUT2D eigenvalue weighted by molar-refractivity contribution is 14.0. The van der Waals surface area contributed by atoms with E-state index < -0.39 is 0 Å². The third kappa shape index (κ3) is 7.74. The number of hydrogen-bond acceptors (Lipinski definition) is 4. The molecule has 3 rings (SSSR count). The van der Waals surface area contributed by atoms with Gasteiger partial charge in [0.1, 0.15) is 0 Å². The average Bonchev–Trinajstić information content (AvgIpc) is 2.74. The molecule has 0 bridgehead atoms. The van der Waals surface area contributed by atoms with Crippen molar-refractivity contribution in [1.82, 2.24) is 15.5 Å². The Hall–Kier alpha value is -0.610. The molecule has 2 saturated heterocycles. The van der Waals surface area contributed by atoms with Crippen LogP contribution in [-0.2, 0) is 14.9 Å². The Kier molecular flexibility index (Phi) is 11.3. The molecule has 0 radical (unpaired) electrons. The van der Waals surface area contributed by atoms with Gasteiger partial charge in [0.15, 0.2) is 5.96 Å². The van der Waals surface area contributed by atoms with Crippen molar-refractivity contribution in [2.45, 2.75) is 38.2 Å². The van der Waals surface area contributed by atoms with E-state index in [9.17, 15) is 0 Å². The molecule has 0 spiro atoms. The van der Waals surface area contributed by atoms with Crippen molar-refractivity contribution in [3.8, 4) is 0 Å². The van der Waals surface area contributed by atoms with Gasteiger partial charge in [-0.05, 0) is 30.4 Å². The Morgan fingerprint density at radius 3 is 2.65 bits per heavy atom. The van der Waals surface area contributed by atoms with Crippen LogP contribution in [0.3, 0.4) is 0 Å². The molecule has 2 heterocycles. The zero-order valence-corrected chi connectivity index (χ0v) is 22.1. The summed E-state index contributed by atoms with van der Waals surface area (Å²) in [6.07, 6.45) is 2.06. The van der Waals surface area contributed by atoms with Crippen molar-refractivity contribution in [3.05, 3.63) is 34.9 Å². The van der Waals surface area contributed by atoms with E-state index in [1.54, 1.807) is 0 Å². The lowest BCUT2D eigenvalue weighted by atomic mass is 9.74. The van der Waals surface area contributed by atoms with Gasteiger partial charge in [-0.3, -0.25) is 9.89 Å². The molecule has 8 heteroatoms. The molecule has 31 heavy (non-hydrogen) atoms. The highest BCUT2D eigenvalue weighted by Crippen LogP contribution is 2.38. The normalized spacial score (nSPS) is 22.1. The summed E-state index contributed by atoms with van der Waals surface area (Å²) in [5.41, 5.74) is 1.14. The minimum atomic E-state index is -0.0520. The minimum Gasteiger partial charge on any atom is -0.381 e. The van der Waals surface area contributed by atoms with Crippen LogP contribution in [0.1, 0.15) is 32.3 Å². The fourth-order valence-electron chi connectivity index (χ4n) is 4.46. The Morgan fingerprint density at radius 1 is 1.23 bits per heavy atom. The number of halogens is 2. The maximum atomic E-state index is 6.57. The molecule has 0 aliphatic carbocycles. The van der Waals surface area contributed by atoms with Crippen LogP contribution in [0.2, 0.25) is 5.02 Å². The number of morpholine rings is 1. The summed E-state index contributed by atoms with van der Waals surface area (Å²) in [5.74, 6) is 1.48. The molecule has 2 aliphatic rings. The Morgan fingerprint density at radius 2 is 1.97 bits per heavy atom. The van der Waals surface area contributed by atoms with Crippen LogP contribution in [0, 0.1) is 5.92 Å². The summed E-state index contributed by atoms with van der Waals surface area (Å²) in [4.78, 5) is 6.92. The first-order chi connectivity index (χ1) is 14.5. The van der Waals surface area contributed by atoms with Crippen molar-refractivity contribution in [2.75, 3.05) is 59.6 Å². The van der Waals surface area contributed by atoms with Crippen molar-refractivity contribution in [2.24, 2.45) is 10.9 Å². The van der Waals surface area contributed by atoms with E-state index in [4.69, 9.17) is 21.1 Å². The molecule has 0 aromatic heterocycles. The van der Waals surface area contributed by atoms with Crippen molar-refractivity contribution < 1.29 is 9.47 Å². The number of rotatable bonds is 7. The third-order valence-electron chi connectivity index (χ3n) is 6.06. The second-order valence-electron chi connectivity index (χ2n) is 8.83. The number of aliphatic imine (C=N–C) groups is 1. The van der Waals surface area contributed by atoms with E-state index in [-0.39, 0.29) is 35.5 Å². The number of ether oxygens (including phenoxy) is 2. The van der Waals surface area contributed by atoms with Gasteiger partial charge in [0.2, 0.25) is 0 Å². The predicted octanol–water partition coefficient (Wildman–Crippen LogP) is 3.53. The fourth-order valence-corrected chi connectivity index (χ4v) is 4.80. The van der Waals surface area contributed by atoms with Gasteiger partial charge in [0.25, 0.3) is 0 Å². The zero-order valence-electron chi connectivity index (χ0n) is 19.0. The van der Waals surface area contributed by atoms with Crippen molar-refractivity contribution >= 4 is 41.5 Å². The Labute approximate surface area is 209 Å². The molecule has 1 aromatic carbocycles. The lowest BCUT2D eigenvalue weighted by molar-refractivity contribution is -0.0284. The minimum absolute atomic E-state index is 0. The lowest BCUT2D eigenvalue weighted by Gasteiger charge is -2.39. The Balaban J connectivity index is 0.00000341. The number of hydrogen-bond donors (Lipinski definition) is 2. The summed E-state index contributed by atoms with van der Waals surface area (Å²) < 4.78 is 11.6. The highest BCUT2D eigenvalue weighted by atomic mass is 127. The van der Waals surface area contributed by atoms with Gasteiger partial charge in [0, 0.05) is 63.4 Å². The van der Waals surface area contributed by atoms with Gasteiger partial charge < -0.3 is 20.1 Å². The first-order valence-corrected chi connectivity index (χ1v) is 11.5. The molecule has 176 valence electrons. The largest absolute Gasteiger partial charge is 0.381 e. The molecule has 2 aliphatic heterocycles. The lowest BCUT2D eigenvalue weighted by Crippen LogP contribution is -2.52. The second kappa shape index (κ2) is 13.2. The topological polar surface area (TPSA) is 58.1 Å². The molecule has 0 amide bonds. The van der Waals surface area contributed by atoms with E-state index in [0.717, 1.165) is 76.4 Å². The van der Waals surface area contributed by atoms with Gasteiger partial charge in [-0.25, -0.2) is 0 Å². The molecule has 2 fully saturated rings. The summed E-state index contributed by atoms with van der Waals surface area (Å²) in [6, 6.07) is 8.17. The fraction of sp³-hybridized carbons (Fsp3) is 0.696. The maximum absolute atomic E-state index is 6.57. The van der Waals surface area contributed by atoms with Gasteiger partial charge in [-0.2, -0.15) is 0 Å². The molecule has 2 N–H and O–H groups in total. The molecule has 0 saturated carbocycles. The highest BCUT2D eigenvalue weighted by Gasteiger charge is 2.36. The number of nitrogens with zero attached hydrogens (tertiary/aromatic N) is 2. The number of nitrogens with one attached hydrogen (secondary N) is 2. The van der Waals surface area contributed by atoms with Crippen LogP contribution in [0.5, 0.6) is 0 Å². The molecule has 6 nitrogen and oxygen atoms in total. The second-order valence-corrected chi connectivity index (χ2v) is 9.23. The smallest absolute Gasteiger partial charge is 0.191 e. The van der Waals surface area contributed by atoms with Crippen LogP contribution in [0.4, 0.5) is 0 Å². The first-order valence-electron chi connectivity index (χ1n) is 11.1. The van der Waals surface area contributed by atoms with E-state index in [0.29, 0.717) is 5.92 Å². The van der Waals surface area contributed by atoms with Crippen LogP contribution in [0.15, 0.2) is 29.3 Å². The van der Waals surface area contributed by atoms with Crippen LogP contribution in [0.25, 0.3) is 0 Å². The first kappa shape index (κ1) is 26.6. The standard InChI is InChI=1S/C23H37ClN4O2.HI/c1-18(2)15-28-10-13-30-19(16-28)14-26-22(25-3)27-17-23(8-11-29-12-9-23)20-6-4-5-7-21(20)24;/h4-7,18-19H,8-17H2,1-3H3,(H2,25,26,27);1H. The maximum Gasteiger partial charge on any atom is 0.191 e. The van der Waals surface area contributed by atoms with Gasteiger partial charge in [-0.15, -0.1) is 24.0 Å². The average molecular weight is 565 g/mol. The zero-order chi connectivity index (χ0) is 21.4. The monoisotopic (exact) mass is 564 g/mol. The van der Waals surface area contributed by atoms with Gasteiger partial charge >= 0.3 is 0 Å². The SMILES string of the molecule is CN=C(NCC1CN(CC(C)C)CCO1)NCC1(c2ccccc2Cl)CCOCC1.I. The van der Waals surface area contributed by atoms with Crippen LogP contribution in [-0.4, -0.2) is 76.6 Å². The number of guanidine groups is 1. The predicted molar refractivity (Wildman–Crippen MR) is 139 cm³/mol. The summed E-state index contributed by atoms with van der Waals surface area (Å²) in [6.45, 7) is 11.4. The number of benzene rings is 1. The van der Waals surface area contributed by atoms with Gasteiger partial charge in [-0.1, -0.05) is 43.6 Å². The summed E-state index contributed by atoms with van der Waals surface area (Å²) in [7, 11) is 1.81. The van der Waals surface area contributed by atoms with Crippen molar-refractivity contribution in [3.63, 3.8) is 0 Å². The van der Waals surface area contributed by atoms with E-state index >= 15 is 0 Å². The van der Waals surface area contributed by atoms with Gasteiger partial charge in [0.05, 0.1) is 12.7 Å². The molecule has 1 atom stereocenters. The Bertz CT molecular complexity index is 698. The quantitative estimate of drug-likeness (QED) is 0.302. The van der Waals surface area contributed by atoms with E-state index in [1.165, 1.54) is 5.56 Å². The van der Waals surface area contributed by atoms with Crippen LogP contribution < -0.4 is 10.6 Å².